The predicted molar refractivity (Wildman–Crippen MR) is 140 cm³/mol. The number of rotatable bonds is 18. The number of hydrogen-bond acceptors (Lipinski definition) is 8. The van der Waals surface area contributed by atoms with Gasteiger partial charge >= 0.3 is 5.97 Å². The summed E-state index contributed by atoms with van der Waals surface area (Å²) in [5, 5.41) is 14.8. The highest BCUT2D eigenvalue weighted by molar-refractivity contribution is 5.94. The molecule has 1 rings (SSSR count). The Labute approximate surface area is 218 Å². The van der Waals surface area contributed by atoms with E-state index in [0.717, 1.165) is 0 Å². The van der Waals surface area contributed by atoms with Crippen LogP contribution in [0.25, 0.3) is 0 Å². The molecule has 0 aromatic carbocycles. The molecule has 4 atom stereocenters. The number of carboxylic acid groups (broad SMARTS) is 1. The third-order valence-electron chi connectivity index (χ3n) is 6.27. The van der Waals surface area contributed by atoms with Crippen molar-refractivity contribution >= 4 is 29.7 Å². The number of unbranched alkanes of at least 4 members (excludes halogenated alkanes) is 2. The van der Waals surface area contributed by atoms with Crippen molar-refractivity contribution in [1.29, 1.82) is 0 Å². The normalized spacial score (nSPS) is 17.5. The van der Waals surface area contributed by atoms with E-state index in [0.29, 0.717) is 84.0 Å². The Morgan fingerprint density at radius 3 is 2.11 bits per heavy atom. The molecule has 212 valence electrons. The van der Waals surface area contributed by atoms with Gasteiger partial charge < -0.3 is 49.3 Å². The minimum Gasteiger partial charge on any atom is -0.480 e. The largest absolute Gasteiger partial charge is 0.480 e. The molecule has 0 radical (unpaired) electrons. The minimum atomic E-state index is -1.14. The van der Waals surface area contributed by atoms with Gasteiger partial charge in [-0.2, -0.15) is 0 Å². The fourth-order valence-corrected chi connectivity index (χ4v) is 4.20. The van der Waals surface area contributed by atoms with Crippen LogP contribution in [-0.2, 0) is 19.2 Å². The van der Waals surface area contributed by atoms with Gasteiger partial charge in [0.1, 0.15) is 18.1 Å². The molecule has 14 heteroatoms. The molecule has 0 aliphatic carbocycles. The van der Waals surface area contributed by atoms with E-state index in [2.05, 4.69) is 15.6 Å². The van der Waals surface area contributed by atoms with Crippen LogP contribution in [0.4, 0.5) is 0 Å². The maximum absolute atomic E-state index is 13.5. The van der Waals surface area contributed by atoms with Gasteiger partial charge in [0.25, 0.3) is 0 Å². The zero-order valence-corrected chi connectivity index (χ0v) is 21.6. The lowest BCUT2D eigenvalue weighted by Gasteiger charge is -2.30. The number of carboxylic acids is 1. The van der Waals surface area contributed by atoms with Gasteiger partial charge in [-0.05, 0) is 77.3 Å². The van der Waals surface area contributed by atoms with Gasteiger partial charge in [0, 0.05) is 13.1 Å². The highest BCUT2D eigenvalue weighted by atomic mass is 16.4. The Morgan fingerprint density at radius 2 is 1.54 bits per heavy atom. The van der Waals surface area contributed by atoms with Gasteiger partial charge in [0.2, 0.25) is 17.7 Å². The second kappa shape index (κ2) is 17.5. The van der Waals surface area contributed by atoms with Crippen molar-refractivity contribution in [2.45, 2.75) is 88.4 Å². The summed E-state index contributed by atoms with van der Waals surface area (Å²) < 4.78 is 0. The fourth-order valence-electron chi connectivity index (χ4n) is 4.20. The van der Waals surface area contributed by atoms with Crippen molar-refractivity contribution in [2.24, 2.45) is 33.7 Å². The molecule has 1 saturated heterocycles. The average Bonchev–Trinajstić information content (AvgIpc) is 3.34. The van der Waals surface area contributed by atoms with Gasteiger partial charge in [-0.25, -0.2) is 4.79 Å². The fraction of sp³-hybridized carbons (Fsp3) is 0.783. The van der Waals surface area contributed by atoms with Crippen LogP contribution in [-0.4, -0.2) is 90.0 Å². The molecule has 1 aliphatic heterocycles. The summed E-state index contributed by atoms with van der Waals surface area (Å²) in [5.74, 6) is -2.58. The number of carbonyl (C=O) groups is 4. The highest BCUT2D eigenvalue weighted by Crippen LogP contribution is 2.20. The second-order valence-corrected chi connectivity index (χ2v) is 9.27. The van der Waals surface area contributed by atoms with Crippen LogP contribution in [0.15, 0.2) is 4.99 Å². The zero-order valence-electron chi connectivity index (χ0n) is 21.6. The highest BCUT2D eigenvalue weighted by Gasteiger charge is 2.38. The molecule has 0 saturated carbocycles. The Hall–Kier alpha value is -2.97. The van der Waals surface area contributed by atoms with Gasteiger partial charge in [-0.15, -0.1) is 0 Å². The lowest BCUT2D eigenvalue weighted by molar-refractivity contribution is -0.145. The molecule has 13 N–H and O–H groups in total. The van der Waals surface area contributed by atoms with Crippen molar-refractivity contribution in [1.82, 2.24) is 15.5 Å². The molecule has 14 nitrogen and oxygen atoms in total. The summed E-state index contributed by atoms with van der Waals surface area (Å²) in [6, 6.07) is -3.61. The summed E-state index contributed by atoms with van der Waals surface area (Å²) >= 11 is 0. The molecule has 37 heavy (non-hydrogen) atoms. The first kappa shape index (κ1) is 32.1. The number of likely N-dealkylation sites (tertiary alicyclic amines) is 1. The Bertz CT molecular complexity index is 776. The van der Waals surface area contributed by atoms with Gasteiger partial charge in [0.05, 0.1) is 6.04 Å². The van der Waals surface area contributed by atoms with Crippen LogP contribution in [0, 0.1) is 0 Å². The summed E-state index contributed by atoms with van der Waals surface area (Å²) in [6.07, 6.45) is 4.85. The molecule has 1 fully saturated rings. The van der Waals surface area contributed by atoms with Crippen molar-refractivity contribution < 1.29 is 24.3 Å². The monoisotopic (exact) mass is 527 g/mol. The van der Waals surface area contributed by atoms with E-state index in [1.807, 2.05) is 0 Å². The Morgan fingerprint density at radius 1 is 0.919 bits per heavy atom. The maximum atomic E-state index is 13.5. The van der Waals surface area contributed by atoms with Crippen LogP contribution in [0.3, 0.4) is 0 Å². The maximum Gasteiger partial charge on any atom is 0.326 e. The molecule has 0 spiro atoms. The van der Waals surface area contributed by atoms with Gasteiger partial charge in [0.15, 0.2) is 5.96 Å². The van der Waals surface area contributed by atoms with E-state index in [1.54, 1.807) is 0 Å². The van der Waals surface area contributed by atoms with Crippen LogP contribution in [0.2, 0.25) is 0 Å². The summed E-state index contributed by atoms with van der Waals surface area (Å²) in [6.45, 7) is 1.53. The number of nitrogens with two attached hydrogens (primary N) is 5. The second-order valence-electron chi connectivity index (χ2n) is 9.27. The molecule has 0 bridgehead atoms. The molecule has 1 aliphatic rings. The van der Waals surface area contributed by atoms with Crippen molar-refractivity contribution in [3.63, 3.8) is 0 Å². The SMILES string of the molecule is NCCCCC(NC(=O)C1CCCN1C(=O)C(CCCCN)NC(=O)C(N)CCCN=C(N)N)C(=O)O. The third kappa shape index (κ3) is 11.7. The van der Waals surface area contributed by atoms with Crippen molar-refractivity contribution in [3.8, 4) is 0 Å². The lowest BCUT2D eigenvalue weighted by Crippen LogP contribution is -2.56. The zero-order chi connectivity index (χ0) is 27.8. The topological polar surface area (TPSA) is 258 Å². The number of aliphatic carboxylic acids is 1. The van der Waals surface area contributed by atoms with E-state index < -0.39 is 47.9 Å². The number of aliphatic imine (C=N–C) groups is 1. The summed E-state index contributed by atoms with van der Waals surface area (Å²) in [5.41, 5.74) is 27.6. The first-order valence-corrected chi connectivity index (χ1v) is 13.0. The number of carbonyl (C=O) groups excluding carboxylic acids is 3. The van der Waals surface area contributed by atoms with Crippen molar-refractivity contribution in [3.05, 3.63) is 0 Å². The summed E-state index contributed by atoms with van der Waals surface area (Å²) in [7, 11) is 0. The quantitative estimate of drug-likeness (QED) is 0.0535. The molecular weight excluding hydrogens is 482 g/mol. The average molecular weight is 528 g/mol. The van der Waals surface area contributed by atoms with Gasteiger partial charge in [-0.1, -0.05) is 0 Å². The number of hydrogen-bond donors (Lipinski definition) is 8. The molecule has 3 amide bonds. The van der Waals surface area contributed by atoms with Gasteiger partial charge in [-0.3, -0.25) is 19.4 Å². The van der Waals surface area contributed by atoms with E-state index in [-0.39, 0.29) is 12.4 Å². The number of nitrogens with zero attached hydrogens (tertiary/aromatic N) is 2. The minimum absolute atomic E-state index is 0.0435. The number of amides is 3. The van der Waals surface area contributed by atoms with E-state index in [9.17, 15) is 24.3 Å². The lowest BCUT2D eigenvalue weighted by atomic mass is 10.0. The smallest absolute Gasteiger partial charge is 0.326 e. The van der Waals surface area contributed by atoms with Crippen LogP contribution < -0.4 is 39.3 Å². The third-order valence-corrected chi connectivity index (χ3v) is 6.27. The standard InChI is InChI=1S/C23H45N9O5/c24-11-3-1-8-16(30-19(33)15(26)7-5-13-29-23(27)28)21(35)32-14-6-10-18(32)20(34)31-17(22(36)37)9-2-4-12-25/h15-18H,1-14,24-26H2,(H,30,33)(H,31,34)(H,36,37)(H4,27,28,29). The molecule has 4 unspecified atom stereocenters. The van der Waals surface area contributed by atoms with Crippen LogP contribution in [0.1, 0.15) is 64.2 Å². The predicted octanol–water partition coefficient (Wildman–Crippen LogP) is -2.33. The van der Waals surface area contributed by atoms with Crippen molar-refractivity contribution in [2.75, 3.05) is 26.2 Å². The molecule has 1 heterocycles. The van der Waals surface area contributed by atoms with Crippen LogP contribution >= 0.6 is 0 Å². The van der Waals surface area contributed by atoms with E-state index in [1.165, 1.54) is 4.90 Å². The first-order chi connectivity index (χ1) is 17.6. The first-order valence-electron chi connectivity index (χ1n) is 13.0. The molecule has 0 aromatic rings. The Balaban J connectivity index is 2.86. The van der Waals surface area contributed by atoms with E-state index in [4.69, 9.17) is 28.7 Å². The molecular formula is C23H45N9O5. The number of guanidine groups is 1. The van der Waals surface area contributed by atoms with Crippen LogP contribution in [0.5, 0.6) is 0 Å². The number of nitrogens with one attached hydrogen (secondary N) is 2. The van der Waals surface area contributed by atoms with E-state index >= 15 is 0 Å². The molecule has 0 aromatic heterocycles. The summed E-state index contributed by atoms with van der Waals surface area (Å²) in [4.78, 5) is 56.0. The Kier molecular flexibility index (Phi) is 15.1.